The second kappa shape index (κ2) is 4.34. The molecule has 1 heterocycles. The van der Waals surface area contributed by atoms with Crippen molar-refractivity contribution in [2.24, 2.45) is 0 Å². The molecule has 0 atom stereocenters. The highest BCUT2D eigenvalue weighted by molar-refractivity contribution is 5.94. The van der Waals surface area contributed by atoms with E-state index in [2.05, 4.69) is 5.10 Å². The van der Waals surface area contributed by atoms with Crippen molar-refractivity contribution in [1.82, 2.24) is 9.78 Å². The maximum atomic E-state index is 14.1. The molecular formula is C14H10FN3O2. The first kappa shape index (κ1) is 12.2. The van der Waals surface area contributed by atoms with Gasteiger partial charge in [0.25, 0.3) is 0 Å². The zero-order chi connectivity index (χ0) is 14.3. The average Bonchev–Trinajstić information content (AvgIpc) is 2.82. The van der Waals surface area contributed by atoms with Crippen LogP contribution in [-0.4, -0.2) is 20.9 Å². The number of rotatable bonds is 2. The molecule has 3 aromatic rings. The van der Waals surface area contributed by atoms with Crippen molar-refractivity contribution < 1.29 is 14.3 Å². The average molecular weight is 271 g/mol. The Balaban J connectivity index is 2.29. The molecule has 0 aliphatic heterocycles. The minimum Gasteiger partial charge on any atom is -0.478 e. The predicted molar refractivity (Wildman–Crippen MR) is 72.4 cm³/mol. The molecule has 20 heavy (non-hydrogen) atoms. The molecule has 0 spiro atoms. The van der Waals surface area contributed by atoms with Crippen LogP contribution in [0.2, 0.25) is 0 Å². The van der Waals surface area contributed by atoms with E-state index in [4.69, 9.17) is 10.8 Å². The minimum atomic E-state index is -1.21. The number of nitrogen functional groups attached to an aromatic ring is 1. The summed E-state index contributed by atoms with van der Waals surface area (Å²) in [5.74, 6) is -1.83. The molecule has 0 unspecified atom stereocenters. The molecule has 100 valence electrons. The standard InChI is InChI=1S/C14H10FN3O2/c15-10-6-11(16)9(14(19)20)5-13(10)18-12-4-2-1-3-8(12)7-17-18/h1-7H,16H2,(H,19,20). The number of carboxylic acid groups (broad SMARTS) is 1. The van der Waals surface area contributed by atoms with Gasteiger partial charge in [-0.25, -0.2) is 13.9 Å². The van der Waals surface area contributed by atoms with Crippen LogP contribution in [0.15, 0.2) is 42.6 Å². The van der Waals surface area contributed by atoms with Crippen molar-refractivity contribution in [3.8, 4) is 5.69 Å². The van der Waals surface area contributed by atoms with Gasteiger partial charge in [0.2, 0.25) is 0 Å². The summed E-state index contributed by atoms with van der Waals surface area (Å²) in [5, 5.41) is 14.0. The number of hydrogen-bond acceptors (Lipinski definition) is 3. The summed E-state index contributed by atoms with van der Waals surface area (Å²) >= 11 is 0. The van der Waals surface area contributed by atoms with Crippen molar-refractivity contribution >= 4 is 22.6 Å². The lowest BCUT2D eigenvalue weighted by Gasteiger charge is -2.08. The lowest BCUT2D eigenvalue weighted by Crippen LogP contribution is -2.07. The fourth-order valence-electron chi connectivity index (χ4n) is 2.09. The normalized spacial score (nSPS) is 10.8. The molecule has 0 bridgehead atoms. The summed E-state index contributed by atoms with van der Waals surface area (Å²) in [4.78, 5) is 11.1. The smallest absolute Gasteiger partial charge is 0.337 e. The number of aromatic carboxylic acids is 1. The molecule has 0 amide bonds. The summed E-state index contributed by atoms with van der Waals surface area (Å²) < 4.78 is 15.4. The molecule has 0 saturated heterocycles. The van der Waals surface area contributed by atoms with E-state index in [1.54, 1.807) is 18.3 Å². The second-order valence-electron chi connectivity index (χ2n) is 4.31. The van der Waals surface area contributed by atoms with Crippen molar-refractivity contribution in [2.45, 2.75) is 0 Å². The molecule has 0 fully saturated rings. The van der Waals surface area contributed by atoms with E-state index in [1.165, 1.54) is 10.7 Å². The van der Waals surface area contributed by atoms with E-state index in [1.807, 2.05) is 12.1 Å². The summed E-state index contributed by atoms with van der Waals surface area (Å²) in [7, 11) is 0. The largest absolute Gasteiger partial charge is 0.478 e. The number of nitrogens with zero attached hydrogens (tertiary/aromatic N) is 2. The van der Waals surface area contributed by atoms with E-state index in [-0.39, 0.29) is 16.9 Å². The molecule has 1 aromatic heterocycles. The van der Waals surface area contributed by atoms with Gasteiger partial charge in [0.05, 0.1) is 17.3 Å². The SMILES string of the molecule is Nc1cc(F)c(-n2ncc3ccccc32)cc1C(=O)O. The Bertz CT molecular complexity index is 826. The number of para-hydroxylation sites is 1. The van der Waals surface area contributed by atoms with Crippen LogP contribution in [0.5, 0.6) is 0 Å². The maximum absolute atomic E-state index is 14.1. The predicted octanol–water partition coefficient (Wildman–Crippen LogP) is 2.45. The number of carboxylic acids is 1. The molecule has 6 heteroatoms. The molecule has 3 N–H and O–H groups in total. The Morgan fingerprint density at radius 3 is 2.80 bits per heavy atom. The van der Waals surface area contributed by atoms with Gasteiger partial charge < -0.3 is 10.8 Å². The Labute approximate surface area is 113 Å². The van der Waals surface area contributed by atoms with E-state index in [0.29, 0.717) is 5.52 Å². The van der Waals surface area contributed by atoms with E-state index in [9.17, 15) is 9.18 Å². The second-order valence-corrected chi connectivity index (χ2v) is 4.31. The van der Waals surface area contributed by atoms with Gasteiger partial charge in [-0.3, -0.25) is 0 Å². The quantitative estimate of drug-likeness (QED) is 0.701. The van der Waals surface area contributed by atoms with Crippen LogP contribution in [0.4, 0.5) is 10.1 Å². The van der Waals surface area contributed by atoms with Crippen LogP contribution in [0.1, 0.15) is 10.4 Å². The maximum Gasteiger partial charge on any atom is 0.337 e. The van der Waals surface area contributed by atoms with Crippen molar-refractivity contribution in [2.75, 3.05) is 5.73 Å². The van der Waals surface area contributed by atoms with Crippen LogP contribution in [-0.2, 0) is 0 Å². The molecule has 0 radical (unpaired) electrons. The first-order chi connectivity index (χ1) is 9.58. The minimum absolute atomic E-state index is 0.0535. The van der Waals surface area contributed by atoms with Gasteiger partial charge in [-0.15, -0.1) is 0 Å². The number of hydrogen-bond donors (Lipinski definition) is 2. The van der Waals surface area contributed by atoms with Crippen molar-refractivity contribution in [1.29, 1.82) is 0 Å². The number of anilines is 1. The Hall–Kier alpha value is -2.89. The van der Waals surface area contributed by atoms with Gasteiger partial charge in [-0.05, 0) is 18.2 Å². The molecule has 0 aliphatic rings. The third kappa shape index (κ3) is 1.78. The van der Waals surface area contributed by atoms with E-state index >= 15 is 0 Å². The summed E-state index contributed by atoms with van der Waals surface area (Å²) in [5.41, 5.74) is 5.98. The van der Waals surface area contributed by atoms with Gasteiger partial charge in [-0.2, -0.15) is 5.10 Å². The highest BCUT2D eigenvalue weighted by Gasteiger charge is 2.16. The Kier molecular flexibility index (Phi) is 2.64. The fourth-order valence-corrected chi connectivity index (χ4v) is 2.09. The number of halogens is 1. The van der Waals surface area contributed by atoms with Crippen LogP contribution in [0, 0.1) is 5.82 Å². The van der Waals surface area contributed by atoms with Crippen LogP contribution in [0.3, 0.4) is 0 Å². The molecule has 5 nitrogen and oxygen atoms in total. The zero-order valence-corrected chi connectivity index (χ0v) is 10.2. The van der Waals surface area contributed by atoms with Crippen LogP contribution < -0.4 is 5.73 Å². The van der Waals surface area contributed by atoms with Crippen LogP contribution in [0.25, 0.3) is 16.6 Å². The summed E-state index contributed by atoms with van der Waals surface area (Å²) in [6.45, 7) is 0. The van der Waals surface area contributed by atoms with E-state index in [0.717, 1.165) is 11.5 Å². The van der Waals surface area contributed by atoms with Crippen molar-refractivity contribution in [3.63, 3.8) is 0 Å². The summed E-state index contributed by atoms with van der Waals surface area (Å²) in [6, 6.07) is 9.44. The topological polar surface area (TPSA) is 81.1 Å². The van der Waals surface area contributed by atoms with E-state index < -0.39 is 11.8 Å². The Morgan fingerprint density at radius 1 is 1.30 bits per heavy atom. The molecule has 0 saturated carbocycles. The highest BCUT2D eigenvalue weighted by atomic mass is 19.1. The molecular weight excluding hydrogens is 261 g/mol. The first-order valence-corrected chi connectivity index (χ1v) is 5.83. The lowest BCUT2D eigenvalue weighted by molar-refractivity contribution is 0.0698. The molecule has 3 rings (SSSR count). The van der Waals surface area contributed by atoms with Gasteiger partial charge >= 0.3 is 5.97 Å². The number of carbonyl (C=O) groups is 1. The van der Waals surface area contributed by atoms with Crippen LogP contribution >= 0.6 is 0 Å². The number of benzene rings is 2. The molecule has 2 aromatic carbocycles. The number of fused-ring (bicyclic) bond motifs is 1. The first-order valence-electron chi connectivity index (χ1n) is 5.83. The number of aromatic nitrogens is 2. The zero-order valence-electron chi connectivity index (χ0n) is 10.2. The monoisotopic (exact) mass is 271 g/mol. The molecule has 0 aliphatic carbocycles. The van der Waals surface area contributed by atoms with Gasteiger partial charge in [-0.1, -0.05) is 18.2 Å². The lowest BCUT2D eigenvalue weighted by atomic mass is 10.1. The number of nitrogens with two attached hydrogens (primary N) is 1. The fraction of sp³-hybridized carbons (Fsp3) is 0. The highest BCUT2D eigenvalue weighted by Crippen LogP contribution is 2.24. The van der Waals surface area contributed by atoms with Gasteiger partial charge in [0.1, 0.15) is 5.69 Å². The third-order valence-electron chi connectivity index (χ3n) is 3.05. The van der Waals surface area contributed by atoms with Crippen molar-refractivity contribution in [3.05, 3.63) is 54.0 Å². The van der Waals surface area contributed by atoms with Gasteiger partial charge in [0, 0.05) is 11.1 Å². The Morgan fingerprint density at radius 2 is 2.05 bits per heavy atom. The summed E-state index contributed by atoms with van der Waals surface area (Å²) in [6.07, 6.45) is 1.59. The van der Waals surface area contributed by atoms with Gasteiger partial charge in [0.15, 0.2) is 5.82 Å². The third-order valence-corrected chi connectivity index (χ3v) is 3.05.